The lowest BCUT2D eigenvalue weighted by molar-refractivity contribution is -0.384. The fourth-order valence-corrected chi connectivity index (χ4v) is 1.67. The standard InChI is InChI=1S/C10H7NO3S/c12-11(13)8-3-5-9(6-4-8)14-10-2-1-7-15-10/h1-7H. The van der Waals surface area contributed by atoms with Gasteiger partial charge in [0, 0.05) is 12.1 Å². The summed E-state index contributed by atoms with van der Waals surface area (Å²) in [5, 5.41) is 13.1. The summed E-state index contributed by atoms with van der Waals surface area (Å²) in [4.78, 5) is 9.96. The van der Waals surface area contributed by atoms with E-state index < -0.39 is 4.92 Å². The molecular formula is C10H7NO3S. The molecule has 5 heteroatoms. The number of non-ortho nitro benzene ring substituents is 1. The van der Waals surface area contributed by atoms with Crippen LogP contribution < -0.4 is 4.74 Å². The number of nitro groups is 1. The van der Waals surface area contributed by atoms with Gasteiger partial charge in [0.1, 0.15) is 5.75 Å². The highest BCUT2D eigenvalue weighted by molar-refractivity contribution is 7.11. The quantitative estimate of drug-likeness (QED) is 0.589. The largest absolute Gasteiger partial charge is 0.447 e. The molecule has 4 nitrogen and oxygen atoms in total. The van der Waals surface area contributed by atoms with Crippen LogP contribution in [0, 0.1) is 10.1 Å². The summed E-state index contributed by atoms with van der Waals surface area (Å²) in [6.07, 6.45) is 0. The molecule has 1 aromatic carbocycles. The van der Waals surface area contributed by atoms with Crippen molar-refractivity contribution in [2.45, 2.75) is 0 Å². The molecule has 1 heterocycles. The summed E-state index contributed by atoms with van der Waals surface area (Å²) >= 11 is 1.47. The molecule has 15 heavy (non-hydrogen) atoms. The molecule has 0 saturated heterocycles. The number of hydrogen-bond donors (Lipinski definition) is 0. The first kappa shape index (κ1) is 9.67. The van der Waals surface area contributed by atoms with Crippen LogP contribution in [0.4, 0.5) is 5.69 Å². The fourth-order valence-electron chi connectivity index (χ4n) is 1.07. The molecular weight excluding hydrogens is 214 g/mol. The fraction of sp³-hybridized carbons (Fsp3) is 0. The molecule has 0 spiro atoms. The lowest BCUT2D eigenvalue weighted by Gasteiger charge is -2.01. The van der Waals surface area contributed by atoms with E-state index in [4.69, 9.17) is 4.74 Å². The second-order valence-electron chi connectivity index (χ2n) is 2.79. The van der Waals surface area contributed by atoms with Crippen LogP contribution in [-0.2, 0) is 0 Å². The van der Waals surface area contributed by atoms with Crippen molar-refractivity contribution in [1.29, 1.82) is 0 Å². The molecule has 0 bridgehead atoms. The SMILES string of the molecule is O=[N+]([O-])c1ccc(Oc2cccs2)cc1. The molecule has 2 rings (SSSR count). The molecule has 0 aliphatic heterocycles. The van der Waals surface area contributed by atoms with Gasteiger partial charge in [0.05, 0.1) is 4.92 Å². The minimum absolute atomic E-state index is 0.0635. The molecule has 0 fully saturated rings. The van der Waals surface area contributed by atoms with Crippen molar-refractivity contribution in [3.05, 3.63) is 51.9 Å². The van der Waals surface area contributed by atoms with E-state index in [1.54, 1.807) is 12.1 Å². The van der Waals surface area contributed by atoms with Gasteiger partial charge < -0.3 is 4.74 Å². The number of nitro benzene ring substituents is 1. The van der Waals surface area contributed by atoms with E-state index in [-0.39, 0.29) is 5.69 Å². The highest BCUT2D eigenvalue weighted by Gasteiger charge is 2.04. The lowest BCUT2D eigenvalue weighted by Crippen LogP contribution is -1.87. The first-order valence-corrected chi connectivity index (χ1v) is 5.09. The first-order valence-electron chi connectivity index (χ1n) is 4.21. The third kappa shape index (κ3) is 2.32. The summed E-state index contributed by atoms with van der Waals surface area (Å²) in [5.74, 6) is 0.600. The average Bonchev–Trinajstić information content (AvgIpc) is 2.71. The van der Waals surface area contributed by atoms with Gasteiger partial charge >= 0.3 is 0 Å². The zero-order valence-electron chi connectivity index (χ0n) is 7.62. The van der Waals surface area contributed by atoms with Crippen molar-refractivity contribution >= 4 is 17.0 Å². The maximum absolute atomic E-state index is 10.4. The predicted octanol–water partition coefficient (Wildman–Crippen LogP) is 3.45. The summed E-state index contributed by atoms with van der Waals surface area (Å²) < 4.78 is 5.45. The van der Waals surface area contributed by atoms with Crippen molar-refractivity contribution in [3.63, 3.8) is 0 Å². The van der Waals surface area contributed by atoms with Gasteiger partial charge in [-0.05, 0) is 29.6 Å². The highest BCUT2D eigenvalue weighted by Crippen LogP contribution is 2.27. The number of benzene rings is 1. The molecule has 0 atom stereocenters. The van der Waals surface area contributed by atoms with E-state index in [9.17, 15) is 10.1 Å². The average molecular weight is 221 g/mol. The van der Waals surface area contributed by atoms with E-state index in [1.165, 1.54) is 23.5 Å². The van der Waals surface area contributed by atoms with E-state index in [0.717, 1.165) is 5.06 Å². The van der Waals surface area contributed by atoms with Crippen LogP contribution in [-0.4, -0.2) is 4.92 Å². The van der Waals surface area contributed by atoms with Gasteiger partial charge in [-0.1, -0.05) is 0 Å². The lowest BCUT2D eigenvalue weighted by atomic mass is 10.3. The Morgan fingerprint density at radius 1 is 1.20 bits per heavy atom. The molecule has 0 aliphatic carbocycles. The topological polar surface area (TPSA) is 52.4 Å². The van der Waals surface area contributed by atoms with Crippen molar-refractivity contribution in [2.75, 3.05) is 0 Å². The van der Waals surface area contributed by atoms with Crippen LogP contribution in [0.15, 0.2) is 41.8 Å². The molecule has 0 unspecified atom stereocenters. The Kier molecular flexibility index (Phi) is 2.64. The Morgan fingerprint density at radius 2 is 1.93 bits per heavy atom. The Hall–Kier alpha value is -1.88. The van der Waals surface area contributed by atoms with E-state index in [1.807, 2.05) is 17.5 Å². The summed E-state index contributed by atoms with van der Waals surface area (Å²) in [5.41, 5.74) is 0.0635. The highest BCUT2D eigenvalue weighted by atomic mass is 32.1. The molecule has 0 aliphatic rings. The number of ether oxygens (including phenoxy) is 1. The van der Waals surface area contributed by atoms with Crippen LogP contribution in [0.1, 0.15) is 0 Å². The van der Waals surface area contributed by atoms with Crippen LogP contribution >= 0.6 is 11.3 Å². The number of thiophene rings is 1. The molecule has 2 aromatic rings. The van der Waals surface area contributed by atoms with E-state index in [0.29, 0.717) is 5.75 Å². The van der Waals surface area contributed by atoms with Crippen LogP contribution in [0.5, 0.6) is 10.8 Å². The summed E-state index contributed by atoms with van der Waals surface area (Å²) in [6, 6.07) is 9.72. The predicted molar refractivity (Wildman–Crippen MR) is 57.5 cm³/mol. The van der Waals surface area contributed by atoms with Gasteiger partial charge in [-0.15, -0.1) is 11.3 Å². The van der Waals surface area contributed by atoms with E-state index >= 15 is 0 Å². The van der Waals surface area contributed by atoms with E-state index in [2.05, 4.69) is 0 Å². The van der Waals surface area contributed by atoms with Crippen LogP contribution in [0.2, 0.25) is 0 Å². The number of rotatable bonds is 3. The van der Waals surface area contributed by atoms with Gasteiger partial charge in [-0.25, -0.2) is 0 Å². The minimum atomic E-state index is -0.436. The number of nitrogens with zero attached hydrogens (tertiary/aromatic N) is 1. The van der Waals surface area contributed by atoms with Crippen LogP contribution in [0.3, 0.4) is 0 Å². The minimum Gasteiger partial charge on any atom is -0.447 e. The maximum Gasteiger partial charge on any atom is 0.269 e. The maximum atomic E-state index is 10.4. The molecule has 0 amide bonds. The smallest absolute Gasteiger partial charge is 0.269 e. The number of hydrogen-bond acceptors (Lipinski definition) is 4. The van der Waals surface area contributed by atoms with Gasteiger partial charge in [0.25, 0.3) is 5.69 Å². The third-order valence-corrected chi connectivity index (χ3v) is 2.51. The van der Waals surface area contributed by atoms with Gasteiger partial charge in [-0.3, -0.25) is 10.1 Å². The molecule has 76 valence electrons. The van der Waals surface area contributed by atoms with Crippen LogP contribution in [0.25, 0.3) is 0 Å². The zero-order chi connectivity index (χ0) is 10.7. The molecule has 0 saturated carbocycles. The van der Waals surface area contributed by atoms with Gasteiger partial charge in [-0.2, -0.15) is 0 Å². The Labute approximate surface area is 89.9 Å². The Balaban J connectivity index is 2.14. The van der Waals surface area contributed by atoms with Crippen molar-refractivity contribution in [1.82, 2.24) is 0 Å². The summed E-state index contributed by atoms with van der Waals surface area (Å²) in [6.45, 7) is 0. The zero-order valence-corrected chi connectivity index (χ0v) is 8.44. The van der Waals surface area contributed by atoms with Crippen molar-refractivity contribution in [2.24, 2.45) is 0 Å². The monoisotopic (exact) mass is 221 g/mol. The van der Waals surface area contributed by atoms with Gasteiger partial charge in [0.15, 0.2) is 5.06 Å². The molecule has 0 N–H and O–H groups in total. The third-order valence-electron chi connectivity index (χ3n) is 1.76. The van der Waals surface area contributed by atoms with Crippen molar-refractivity contribution in [3.8, 4) is 10.8 Å². The van der Waals surface area contributed by atoms with Gasteiger partial charge in [0.2, 0.25) is 0 Å². The Morgan fingerprint density at radius 3 is 2.47 bits per heavy atom. The second-order valence-corrected chi connectivity index (χ2v) is 3.70. The molecule has 1 aromatic heterocycles. The first-order chi connectivity index (χ1) is 7.25. The molecule has 0 radical (unpaired) electrons. The normalized spacial score (nSPS) is 9.87. The Bertz CT molecular complexity index is 450. The summed E-state index contributed by atoms with van der Waals surface area (Å²) in [7, 11) is 0. The second kappa shape index (κ2) is 4.10. The van der Waals surface area contributed by atoms with Crippen molar-refractivity contribution < 1.29 is 9.66 Å².